The van der Waals surface area contributed by atoms with Crippen LogP contribution >= 0.6 is 15.9 Å². The van der Waals surface area contributed by atoms with Crippen LogP contribution in [0.5, 0.6) is 28.7 Å². The van der Waals surface area contributed by atoms with Crippen LogP contribution in [-0.4, -0.2) is 20.2 Å². The molecule has 0 aliphatic heterocycles. The van der Waals surface area contributed by atoms with Gasteiger partial charge in [-0.3, -0.25) is 4.79 Å². The first-order chi connectivity index (χ1) is 17.1. The van der Waals surface area contributed by atoms with E-state index >= 15 is 0 Å². The fourth-order valence-corrected chi connectivity index (χ4v) is 3.59. The third-order valence-corrected chi connectivity index (χ3v) is 5.58. The van der Waals surface area contributed by atoms with Crippen LogP contribution in [0.25, 0.3) is 11.0 Å². The predicted octanol–water partition coefficient (Wildman–Crippen LogP) is 6.60. The minimum absolute atomic E-state index is 0.00563. The lowest BCUT2D eigenvalue weighted by Crippen LogP contribution is -2.16. The number of methoxy groups -OCH3 is 2. The van der Waals surface area contributed by atoms with E-state index in [9.17, 15) is 22.8 Å². The van der Waals surface area contributed by atoms with E-state index in [-0.39, 0.29) is 22.4 Å². The second-order valence-corrected chi connectivity index (χ2v) is 8.12. The predicted molar refractivity (Wildman–Crippen MR) is 126 cm³/mol. The van der Waals surface area contributed by atoms with Crippen molar-refractivity contribution < 1.29 is 41.3 Å². The molecule has 0 N–H and O–H groups in total. The highest BCUT2D eigenvalue weighted by Crippen LogP contribution is 2.40. The molecule has 0 saturated heterocycles. The van der Waals surface area contributed by atoms with Gasteiger partial charge in [0.25, 0.3) is 5.76 Å². The maximum absolute atomic E-state index is 13.8. The molecule has 4 rings (SSSR count). The van der Waals surface area contributed by atoms with E-state index in [1.54, 1.807) is 18.2 Å². The molecule has 1 heterocycles. The summed E-state index contributed by atoms with van der Waals surface area (Å²) in [5, 5.41) is -0.201. The summed E-state index contributed by atoms with van der Waals surface area (Å²) < 4.78 is 67.6. The number of alkyl halides is 3. The summed E-state index contributed by atoms with van der Waals surface area (Å²) in [4.78, 5) is 25.6. The van der Waals surface area contributed by atoms with Gasteiger partial charge in [-0.15, -0.1) is 0 Å². The third kappa shape index (κ3) is 5.15. The number of halogens is 4. The topological polar surface area (TPSA) is 84.2 Å². The number of fused-ring (bicyclic) bond motifs is 1. The Morgan fingerprint density at radius 1 is 0.917 bits per heavy atom. The molecule has 0 radical (unpaired) electrons. The maximum atomic E-state index is 13.8. The first-order valence-corrected chi connectivity index (χ1v) is 11.0. The Labute approximate surface area is 210 Å². The molecule has 0 spiro atoms. The van der Waals surface area contributed by atoms with Crippen molar-refractivity contribution in [2.45, 2.75) is 6.18 Å². The minimum Gasteiger partial charge on any atom is -0.497 e. The van der Waals surface area contributed by atoms with Crippen molar-refractivity contribution in [2.24, 2.45) is 0 Å². The van der Waals surface area contributed by atoms with Crippen LogP contribution in [0.15, 0.2) is 74.3 Å². The summed E-state index contributed by atoms with van der Waals surface area (Å²) in [5.74, 6) is -2.97. The van der Waals surface area contributed by atoms with E-state index < -0.39 is 34.7 Å². The van der Waals surface area contributed by atoms with Crippen molar-refractivity contribution in [3.63, 3.8) is 0 Å². The molecular weight excluding hydrogens is 549 g/mol. The van der Waals surface area contributed by atoms with Crippen LogP contribution < -0.4 is 24.4 Å². The summed E-state index contributed by atoms with van der Waals surface area (Å²) in [6.45, 7) is 0. The maximum Gasteiger partial charge on any atom is 0.453 e. The largest absolute Gasteiger partial charge is 0.497 e. The number of ether oxygens (including phenoxy) is 4. The van der Waals surface area contributed by atoms with Crippen molar-refractivity contribution in [3.05, 3.63) is 86.7 Å². The number of hydrogen-bond acceptors (Lipinski definition) is 7. The molecule has 4 aromatic rings. The van der Waals surface area contributed by atoms with Gasteiger partial charge in [-0.2, -0.15) is 13.2 Å². The standard InChI is InChI=1S/C25H16BrF3O7/c1-32-15-9-13(10-16(11-15)33-2)24(31)34-14-7-8-17-20(12-14)36-23(25(27,28)29)22(21(17)30)35-19-6-4-3-5-18(19)26/h3-12H,1-2H3. The number of esters is 1. The van der Waals surface area contributed by atoms with Gasteiger partial charge in [-0.1, -0.05) is 12.1 Å². The van der Waals surface area contributed by atoms with Gasteiger partial charge in [-0.25, -0.2) is 4.79 Å². The number of carbonyl (C=O) groups is 1. The van der Waals surface area contributed by atoms with E-state index in [0.717, 1.165) is 6.07 Å². The zero-order chi connectivity index (χ0) is 26.0. The smallest absolute Gasteiger partial charge is 0.453 e. The van der Waals surface area contributed by atoms with E-state index in [0.29, 0.717) is 16.0 Å². The third-order valence-electron chi connectivity index (χ3n) is 4.93. The Morgan fingerprint density at radius 2 is 1.58 bits per heavy atom. The lowest BCUT2D eigenvalue weighted by atomic mass is 10.2. The summed E-state index contributed by atoms with van der Waals surface area (Å²) in [5.41, 5.74) is -1.42. The molecule has 0 bridgehead atoms. The highest BCUT2D eigenvalue weighted by molar-refractivity contribution is 9.10. The monoisotopic (exact) mass is 564 g/mol. The molecule has 0 unspecified atom stereocenters. The second kappa shape index (κ2) is 9.94. The number of hydrogen-bond donors (Lipinski definition) is 0. The summed E-state index contributed by atoms with van der Waals surface area (Å²) in [6.07, 6.45) is -5.05. The Hall–Kier alpha value is -3.99. The molecule has 0 amide bonds. The molecule has 3 aromatic carbocycles. The molecule has 0 fully saturated rings. The summed E-state index contributed by atoms with van der Waals surface area (Å²) in [7, 11) is 2.81. The van der Waals surface area contributed by atoms with Gasteiger partial charge in [0.1, 0.15) is 28.6 Å². The fourth-order valence-electron chi connectivity index (χ4n) is 3.23. The zero-order valence-corrected chi connectivity index (χ0v) is 20.2. The Bertz CT molecular complexity index is 1490. The fraction of sp³-hybridized carbons (Fsp3) is 0.120. The van der Waals surface area contributed by atoms with Crippen molar-refractivity contribution in [3.8, 4) is 28.7 Å². The molecule has 0 saturated carbocycles. The minimum atomic E-state index is -5.05. The molecule has 0 aliphatic rings. The van der Waals surface area contributed by atoms with Gasteiger partial charge >= 0.3 is 12.1 Å². The summed E-state index contributed by atoms with van der Waals surface area (Å²) >= 11 is 3.17. The van der Waals surface area contributed by atoms with Crippen LogP contribution in [0.1, 0.15) is 16.1 Å². The normalized spacial score (nSPS) is 11.3. The van der Waals surface area contributed by atoms with E-state index in [4.69, 9.17) is 23.4 Å². The molecule has 0 atom stereocenters. The molecular formula is C25H16BrF3O7. The molecule has 11 heteroatoms. The van der Waals surface area contributed by atoms with E-state index in [1.165, 1.54) is 50.6 Å². The summed E-state index contributed by atoms with van der Waals surface area (Å²) in [6, 6.07) is 13.9. The molecule has 186 valence electrons. The van der Waals surface area contributed by atoms with Crippen molar-refractivity contribution in [2.75, 3.05) is 14.2 Å². The van der Waals surface area contributed by atoms with Gasteiger partial charge in [0.15, 0.2) is 0 Å². The highest BCUT2D eigenvalue weighted by atomic mass is 79.9. The molecule has 7 nitrogen and oxygen atoms in total. The van der Waals surface area contributed by atoms with Crippen LogP contribution in [-0.2, 0) is 6.18 Å². The van der Waals surface area contributed by atoms with E-state index in [2.05, 4.69) is 15.9 Å². The SMILES string of the molecule is COc1cc(OC)cc(C(=O)Oc2ccc3c(=O)c(Oc4ccccc4Br)c(C(F)(F)F)oc3c2)c1. The first-order valence-electron chi connectivity index (χ1n) is 10.2. The van der Waals surface area contributed by atoms with Crippen LogP contribution in [0.3, 0.4) is 0 Å². The Kier molecular flexibility index (Phi) is 6.93. The Balaban J connectivity index is 1.74. The van der Waals surface area contributed by atoms with Gasteiger partial charge in [0, 0.05) is 12.1 Å². The van der Waals surface area contributed by atoms with Crippen LogP contribution in [0, 0.1) is 0 Å². The highest BCUT2D eigenvalue weighted by Gasteiger charge is 2.40. The quantitative estimate of drug-likeness (QED) is 0.192. The molecule has 0 aliphatic carbocycles. The second-order valence-electron chi connectivity index (χ2n) is 7.27. The van der Waals surface area contributed by atoms with Gasteiger partial charge in [0.05, 0.1) is 29.6 Å². The van der Waals surface area contributed by atoms with Crippen LogP contribution in [0.4, 0.5) is 13.2 Å². The average Bonchev–Trinajstić information content (AvgIpc) is 2.85. The van der Waals surface area contributed by atoms with Crippen molar-refractivity contribution in [1.82, 2.24) is 0 Å². The Morgan fingerprint density at radius 3 is 2.19 bits per heavy atom. The number of carbonyl (C=O) groups excluding carboxylic acids is 1. The number of benzene rings is 3. The van der Waals surface area contributed by atoms with Gasteiger partial charge < -0.3 is 23.4 Å². The molecule has 36 heavy (non-hydrogen) atoms. The van der Waals surface area contributed by atoms with Crippen molar-refractivity contribution >= 4 is 32.9 Å². The lowest BCUT2D eigenvalue weighted by Gasteiger charge is -2.14. The van der Waals surface area contributed by atoms with Gasteiger partial charge in [-0.05, 0) is 52.3 Å². The lowest BCUT2D eigenvalue weighted by molar-refractivity contribution is -0.154. The number of para-hydroxylation sites is 1. The molecule has 1 aromatic heterocycles. The average molecular weight is 565 g/mol. The zero-order valence-electron chi connectivity index (χ0n) is 18.6. The van der Waals surface area contributed by atoms with Gasteiger partial charge in [0.2, 0.25) is 11.2 Å². The van der Waals surface area contributed by atoms with Crippen LogP contribution in [0.2, 0.25) is 0 Å². The van der Waals surface area contributed by atoms with E-state index in [1.807, 2.05) is 0 Å². The van der Waals surface area contributed by atoms with Crippen molar-refractivity contribution in [1.29, 1.82) is 0 Å². The first kappa shape index (κ1) is 25.1. The number of rotatable bonds is 6.